The van der Waals surface area contributed by atoms with Crippen LogP contribution in [0.4, 0.5) is 4.79 Å². The number of rotatable bonds is 5. The first-order valence-electron chi connectivity index (χ1n) is 6.44. The summed E-state index contributed by atoms with van der Waals surface area (Å²) in [5.74, 6) is 0. The molecule has 1 amide bonds. The maximum Gasteiger partial charge on any atom is 0.407 e. The summed E-state index contributed by atoms with van der Waals surface area (Å²) in [5.41, 5.74) is 0.652. The van der Waals surface area contributed by atoms with Gasteiger partial charge in [0.05, 0.1) is 6.20 Å². The Hall–Kier alpha value is -1.56. The topological polar surface area (TPSA) is 68.2 Å². The van der Waals surface area contributed by atoms with Crippen molar-refractivity contribution >= 4 is 6.09 Å². The Morgan fingerprint density at radius 3 is 2.74 bits per heavy atom. The van der Waals surface area contributed by atoms with Gasteiger partial charge in [0.15, 0.2) is 0 Å². The van der Waals surface area contributed by atoms with Crippen LogP contribution < -0.4 is 10.6 Å². The molecule has 6 nitrogen and oxygen atoms in total. The van der Waals surface area contributed by atoms with Crippen molar-refractivity contribution in [2.45, 2.75) is 45.9 Å². The molecule has 0 fully saturated rings. The van der Waals surface area contributed by atoms with Gasteiger partial charge in [-0.3, -0.25) is 4.68 Å². The van der Waals surface area contributed by atoms with Gasteiger partial charge in [-0.05, 0) is 27.7 Å². The van der Waals surface area contributed by atoms with Crippen LogP contribution in [0.25, 0.3) is 0 Å². The van der Waals surface area contributed by atoms with E-state index in [-0.39, 0.29) is 12.1 Å². The Bertz CT molecular complexity index is 409. The van der Waals surface area contributed by atoms with E-state index in [1.54, 1.807) is 4.68 Å². The first kappa shape index (κ1) is 15.5. The van der Waals surface area contributed by atoms with Gasteiger partial charge in [0.1, 0.15) is 5.60 Å². The van der Waals surface area contributed by atoms with E-state index < -0.39 is 5.60 Å². The molecule has 1 aromatic heterocycles. The smallest absolute Gasteiger partial charge is 0.407 e. The van der Waals surface area contributed by atoms with Crippen molar-refractivity contribution in [3.8, 4) is 0 Å². The second-order valence-electron chi connectivity index (χ2n) is 5.70. The average molecular weight is 268 g/mol. The average Bonchev–Trinajstić information content (AvgIpc) is 2.60. The molecule has 0 saturated carbocycles. The Morgan fingerprint density at radius 2 is 2.21 bits per heavy atom. The SMILES string of the molecule is CC(CNCc1cnn(C)c1)NC(=O)OC(C)(C)C. The molecule has 6 heteroatoms. The molecule has 0 radical (unpaired) electrons. The summed E-state index contributed by atoms with van der Waals surface area (Å²) in [6.07, 6.45) is 3.39. The van der Waals surface area contributed by atoms with Gasteiger partial charge >= 0.3 is 6.09 Å². The highest BCUT2D eigenvalue weighted by Gasteiger charge is 2.17. The van der Waals surface area contributed by atoms with Crippen LogP contribution in [-0.2, 0) is 18.3 Å². The standard InChI is InChI=1S/C13H24N4O2/c1-10(16-12(18)19-13(2,3)4)6-14-7-11-8-15-17(5)9-11/h8-10,14H,6-7H2,1-5H3,(H,16,18). The zero-order valence-corrected chi connectivity index (χ0v) is 12.4. The minimum Gasteiger partial charge on any atom is -0.444 e. The van der Waals surface area contributed by atoms with Crippen molar-refractivity contribution in [2.24, 2.45) is 7.05 Å². The van der Waals surface area contributed by atoms with Crippen molar-refractivity contribution in [2.75, 3.05) is 6.54 Å². The molecule has 0 aliphatic rings. The quantitative estimate of drug-likeness (QED) is 0.847. The molecular weight excluding hydrogens is 244 g/mol. The second kappa shape index (κ2) is 6.56. The summed E-state index contributed by atoms with van der Waals surface area (Å²) < 4.78 is 6.95. The molecule has 2 N–H and O–H groups in total. The number of hydrogen-bond acceptors (Lipinski definition) is 4. The first-order valence-corrected chi connectivity index (χ1v) is 6.44. The zero-order valence-electron chi connectivity index (χ0n) is 12.4. The van der Waals surface area contributed by atoms with Crippen LogP contribution in [0.3, 0.4) is 0 Å². The summed E-state index contributed by atoms with van der Waals surface area (Å²) in [7, 11) is 1.89. The summed E-state index contributed by atoms with van der Waals surface area (Å²) in [6.45, 7) is 8.87. The summed E-state index contributed by atoms with van der Waals surface area (Å²) in [5, 5.41) is 10.1. The number of hydrogen-bond donors (Lipinski definition) is 2. The zero-order chi connectivity index (χ0) is 14.5. The van der Waals surface area contributed by atoms with Gasteiger partial charge in [-0.1, -0.05) is 0 Å². The van der Waals surface area contributed by atoms with Gasteiger partial charge in [-0.2, -0.15) is 5.10 Å². The number of carbonyl (C=O) groups excluding carboxylic acids is 1. The minimum absolute atomic E-state index is 0.00604. The molecule has 0 bridgehead atoms. The third-order valence-electron chi connectivity index (χ3n) is 2.30. The lowest BCUT2D eigenvalue weighted by Crippen LogP contribution is -2.42. The molecule has 0 aliphatic heterocycles. The van der Waals surface area contributed by atoms with Crippen LogP contribution in [0.15, 0.2) is 12.4 Å². The Balaban J connectivity index is 2.21. The van der Waals surface area contributed by atoms with E-state index in [0.717, 1.165) is 12.1 Å². The van der Waals surface area contributed by atoms with Crippen LogP contribution in [0, 0.1) is 0 Å². The highest BCUT2D eigenvalue weighted by atomic mass is 16.6. The lowest BCUT2D eigenvalue weighted by atomic mass is 10.2. The maximum absolute atomic E-state index is 11.5. The summed E-state index contributed by atoms with van der Waals surface area (Å²) in [4.78, 5) is 11.5. The van der Waals surface area contributed by atoms with Gasteiger partial charge in [-0.15, -0.1) is 0 Å². The first-order chi connectivity index (χ1) is 8.76. The normalized spacial score (nSPS) is 13.1. The van der Waals surface area contributed by atoms with E-state index in [4.69, 9.17) is 4.74 Å². The van der Waals surface area contributed by atoms with Gasteiger partial charge in [-0.25, -0.2) is 4.79 Å². The lowest BCUT2D eigenvalue weighted by Gasteiger charge is -2.22. The van der Waals surface area contributed by atoms with Crippen molar-refractivity contribution in [1.29, 1.82) is 0 Å². The Morgan fingerprint density at radius 1 is 1.53 bits per heavy atom. The summed E-state index contributed by atoms with van der Waals surface area (Å²) in [6, 6.07) is 0.00604. The van der Waals surface area contributed by atoms with Crippen LogP contribution in [-0.4, -0.2) is 34.1 Å². The van der Waals surface area contributed by atoms with Crippen molar-refractivity contribution in [3.63, 3.8) is 0 Å². The van der Waals surface area contributed by atoms with Crippen molar-refractivity contribution < 1.29 is 9.53 Å². The van der Waals surface area contributed by atoms with Crippen LogP contribution in [0.1, 0.15) is 33.3 Å². The fourth-order valence-electron chi connectivity index (χ4n) is 1.56. The fraction of sp³-hybridized carbons (Fsp3) is 0.692. The van der Waals surface area contributed by atoms with E-state index in [1.165, 1.54) is 0 Å². The maximum atomic E-state index is 11.5. The third-order valence-corrected chi connectivity index (χ3v) is 2.30. The van der Waals surface area contributed by atoms with Gasteiger partial charge in [0, 0.05) is 37.9 Å². The van der Waals surface area contributed by atoms with Gasteiger partial charge in [0.2, 0.25) is 0 Å². The number of nitrogens with zero attached hydrogens (tertiary/aromatic N) is 2. The Kier molecular flexibility index (Phi) is 5.35. The third kappa shape index (κ3) is 6.81. The van der Waals surface area contributed by atoms with Crippen LogP contribution >= 0.6 is 0 Å². The molecule has 1 aromatic rings. The molecule has 19 heavy (non-hydrogen) atoms. The predicted octanol–water partition coefficient (Wildman–Crippen LogP) is 1.42. The predicted molar refractivity (Wildman–Crippen MR) is 73.7 cm³/mol. The highest BCUT2D eigenvalue weighted by Crippen LogP contribution is 2.06. The molecule has 0 spiro atoms. The molecule has 1 unspecified atom stereocenters. The van der Waals surface area contributed by atoms with E-state index in [1.807, 2.05) is 47.1 Å². The molecule has 0 aromatic carbocycles. The second-order valence-corrected chi connectivity index (χ2v) is 5.70. The van der Waals surface area contributed by atoms with E-state index >= 15 is 0 Å². The minimum atomic E-state index is -0.465. The molecule has 1 atom stereocenters. The number of aromatic nitrogens is 2. The molecule has 1 heterocycles. The number of ether oxygens (including phenoxy) is 1. The molecule has 1 rings (SSSR count). The molecule has 0 saturated heterocycles. The monoisotopic (exact) mass is 268 g/mol. The lowest BCUT2D eigenvalue weighted by molar-refractivity contribution is 0.0508. The van der Waals surface area contributed by atoms with Crippen molar-refractivity contribution in [3.05, 3.63) is 18.0 Å². The fourth-order valence-corrected chi connectivity index (χ4v) is 1.56. The molecular formula is C13H24N4O2. The van der Waals surface area contributed by atoms with E-state index in [2.05, 4.69) is 15.7 Å². The highest BCUT2D eigenvalue weighted by molar-refractivity contribution is 5.68. The number of aryl methyl sites for hydroxylation is 1. The van der Waals surface area contributed by atoms with Crippen molar-refractivity contribution in [1.82, 2.24) is 20.4 Å². The molecule has 0 aliphatic carbocycles. The van der Waals surface area contributed by atoms with Crippen LogP contribution in [0.5, 0.6) is 0 Å². The number of nitrogens with one attached hydrogen (secondary N) is 2. The van der Waals surface area contributed by atoms with E-state index in [0.29, 0.717) is 6.54 Å². The van der Waals surface area contributed by atoms with Crippen LogP contribution in [0.2, 0.25) is 0 Å². The number of amides is 1. The Labute approximate surface area is 114 Å². The number of carbonyl (C=O) groups is 1. The molecule has 108 valence electrons. The van der Waals surface area contributed by atoms with E-state index in [9.17, 15) is 4.79 Å². The summed E-state index contributed by atoms with van der Waals surface area (Å²) >= 11 is 0. The van der Waals surface area contributed by atoms with Gasteiger partial charge in [0.25, 0.3) is 0 Å². The van der Waals surface area contributed by atoms with Gasteiger partial charge < -0.3 is 15.4 Å². The number of alkyl carbamates (subject to hydrolysis) is 1. The largest absolute Gasteiger partial charge is 0.444 e.